The molecular weight excluding hydrogens is 282 g/mol. The van der Waals surface area contributed by atoms with E-state index in [-0.39, 0.29) is 0 Å². The van der Waals surface area contributed by atoms with E-state index in [2.05, 4.69) is 48.7 Å². The molecule has 4 nitrogen and oxygen atoms in total. The highest BCUT2D eigenvalue weighted by atomic mass is 32.2. The minimum Gasteiger partial charge on any atom is -0.380 e. The predicted molar refractivity (Wildman–Crippen MR) is 90.1 cm³/mol. The number of fused-ring (bicyclic) bond motifs is 1. The third-order valence-corrected chi connectivity index (χ3v) is 4.29. The molecule has 2 aromatic rings. The lowest BCUT2D eigenvalue weighted by Gasteiger charge is -2.17. The molecule has 0 amide bonds. The van der Waals surface area contributed by atoms with Crippen molar-refractivity contribution < 1.29 is 4.74 Å². The van der Waals surface area contributed by atoms with E-state index in [1.54, 1.807) is 0 Å². The van der Waals surface area contributed by atoms with Crippen LogP contribution < -0.4 is 0 Å². The van der Waals surface area contributed by atoms with Crippen LogP contribution in [0.5, 0.6) is 0 Å². The fraction of sp³-hybridized carbons (Fsp3) is 0.562. The predicted octanol–water partition coefficient (Wildman–Crippen LogP) is 3.12. The van der Waals surface area contributed by atoms with E-state index >= 15 is 0 Å². The summed E-state index contributed by atoms with van der Waals surface area (Å²) in [5, 5.41) is 1.59. The Morgan fingerprint density at radius 3 is 2.81 bits per heavy atom. The first-order chi connectivity index (χ1) is 10.1. The van der Waals surface area contributed by atoms with Crippen LogP contribution in [0.2, 0.25) is 0 Å². The van der Waals surface area contributed by atoms with E-state index in [1.165, 1.54) is 5.52 Å². The number of nitrogens with zero attached hydrogens (tertiary/aromatic N) is 3. The van der Waals surface area contributed by atoms with Gasteiger partial charge < -0.3 is 14.2 Å². The average molecular weight is 307 g/mol. The summed E-state index contributed by atoms with van der Waals surface area (Å²) >= 11 is 1.84. The van der Waals surface area contributed by atoms with Crippen molar-refractivity contribution >= 4 is 22.8 Å². The molecule has 0 N–H and O–H groups in total. The lowest BCUT2D eigenvalue weighted by atomic mass is 10.3. The number of rotatable bonds is 8. The van der Waals surface area contributed by atoms with Crippen molar-refractivity contribution in [3.63, 3.8) is 0 Å². The van der Waals surface area contributed by atoms with Crippen LogP contribution in [-0.4, -0.2) is 53.6 Å². The van der Waals surface area contributed by atoms with Crippen LogP contribution >= 0.6 is 11.8 Å². The summed E-state index contributed by atoms with van der Waals surface area (Å²) < 4.78 is 7.79. The molecule has 0 bridgehead atoms. The molecule has 0 fully saturated rings. The number of aromatic nitrogens is 2. The second-order valence-corrected chi connectivity index (χ2v) is 6.83. The SMILES string of the molecule is CCOCCn1c(SC(C)CN(C)C)nc2ccccc21. The lowest BCUT2D eigenvalue weighted by molar-refractivity contribution is 0.138. The Morgan fingerprint density at radius 2 is 2.10 bits per heavy atom. The summed E-state index contributed by atoms with van der Waals surface area (Å²) in [7, 11) is 4.21. The van der Waals surface area contributed by atoms with Crippen molar-refractivity contribution in [3.8, 4) is 0 Å². The Labute approximate surface area is 131 Å². The van der Waals surface area contributed by atoms with Crippen LogP contribution in [0.15, 0.2) is 29.4 Å². The van der Waals surface area contributed by atoms with Gasteiger partial charge in [-0.05, 0) is 33.2 Å². The third kappa shape index (κ3) is 4.46. The molecule has 0 radical (unpaired) electrons. The van der Waals surface area contributed by atoms with E-state index in [0.717, 1.165) is 37.0 Å². The van der Waals surface area contributed by atoms with Gasteiger partial charge in [-0.25, -0.2) is 4.98 Å². The molecule has 2 rings (SSSR count). The van der Waals surface area contributed by atoms with Gasteiger partial charge in [-0.3, -0.25) is 0 Å². The quantitative estimate of drug-likeness (QED) is 0.554. The van der Waals surface area contributed by atoms with Gasteiger partial charge in [0.05, 0.1) is 17.6 Å². The Hall–Kier alpha value is -1.04. The summed E-state index contributed by atoms with van der Waals surface area (Å²) in [6, 6.07) is 8.32. The number of benzene rings is 1. The molecule has 21 heavy (non-hydrogen) atoms. The smallest absolute Gasteiger partial charge is 0.169 e. The van der Waals surface area contributed by atoms with E-state index in [9.17, 15) is 0 Å². The van der Waals surface area contributed by atoms with Crippen LogP contribution in [0.25, 0.3) is 11.0 Å². The van der Waals surface area contributed by atoms with Crippen molar-refractivity contribution in [2.45, 2.75) is 30.8 Å². The van der Waals surface area contributed by atoms with Gasteiger partial charge in [0.15, 0.2) is 5.16 Å². The summed E-state index contributed by atoms with van der Waals surface area (Å²) in [5.41, 5.74) is 2.25. The van der Waals surface area contributed by atoms with Gasteiger partial charge in [-0.15, -0.1) is 0 Å². The summed E-state index contributed by atoms with van der Waals surface area (Å²) in [4.78, 5) is 7.00. The van der Waals surface area contributed by atoms with Crippen molar-refractivity contribution in [1.82, 2.24) is 14.5 Å². The van der Waals surface area contributed by atoms with Crippen molar-refractivity contribution in [2.75, 3.05) is 33.9 Å². The molecule has 0 saturated heterocycles. The van der Waals surface area contributed by atoms with Crippen molar-refractivity contribution in [3.05, 3.63) is 24.3 Å². The van der Waals surface area contributed by atoms with Crippen LogP contribution in [0.3, 0.4) is 0 Å². The number of imidazole rings is 1. The first kappa shape index (κ1) is 16.3. The Morgan fingerprint density at radius 1 is 1.33 bits per heavy atom. The molecule has 0 aliphatic rings. The standard InChI is InChI=1S/C16H25N3OS/c1-5-20-11-10-19-15-9-7-6-8-14(15)17-16(19)21-13(2)12-18(3)4/h6-9,13H,5,10-12H2,1-4H3. The number of hydrogen-bond donors (Lipinski definition) is 0. The molecule has 1 heterocycles. The second-order valence-electron chi connectivity index (χ2n) is 5.42. The maximum absolute atomic E-state index is 5.51. The fourth-order valence-corrected chi connectivity index (χ4v) is 3.59. The zero-order chi connectivity index (χ0) is 15.2. The fourth-order valence-electron chi connectivity index (χ4n) is 2.39. The summed E-state index contributed by atoms with van der Waals surface area (Å²) in [6.45, 7) is 7.65. The minimum atomic E-state index is 0.502. The van der Waals surface area contributed by atoms with E-state index in [0.29, 0.717) is 5.25 Å². The minimum absolute atomic E-state index is 0.502. The maximum Gasteiger partial charge on any atom is 0.169 e. The van der Waals surface area contributed by atoms with Crippen LogP contribution in [0.4, 0.5) is 0 Å². The van der Waals surface area contributed by atoms with Gasteiger partial charge in [0, 0.05) is 24.9 Å². The Balaban J connectivity index is 2.21. The molecule has 0 spiro atoms. The van der Waals surface area contributed by atoms with Crippen LogP contribution in [0, 0.1) is 0 Å². The van der Waals surface area contributed by atoms with Gasteiger partial charge >= 0.3 is 0 Å². The second kappa shape index (κ2) is 7.82. The van der Waals surface area contributed by atoms with Gasteiger partial charge in [0.2, 0.25) is 0 Å². The molecule has 1 unspecified atom stereocenters. The normalized spacial score (nSPS) is 13.2. The zero-order valence-corrected chi connectivity index (χ0v) is 14.2. The summed E-state index contributed by atoms with van der Waals surface area (Å²) in [6.07, 6.45) is 0. The molecule has 5 heteroatoms. The van der Waals surface area contributed by atoms with E-state index < -0.39 is 0 Å². The number of thioether (sulfide) groups is 1. The molecular formula is C16H25N3OS. The largest absolute Gasteiger partial charge is 0.380 e. The van der Waals surface area contributed by atoms with Crippen molar-refractivity contribution in [2.24, 2.45) is 0 Å². The number of hydrogen-bond acceptors (Lipinski definition) is 4. The van der Waals surface area contributed by atoms with Gasteiger partial charge in [0.1, 0.15) is 0 Å². The molecule has 1 aromatic heterocycles. The van der Waals surface area contributed by atoms with Crippen LogP contribution in [0.1, 0.15) is 13.8 Å². The Kier molecular flexibility index (Phi) is 6.08. The Bertz CT molecular complexity index is 568. The van der Waals surface area contributed by atoms with Gasteiger partial charge in [-0.1, -0.05) is 30.8 Å². The average Bonchev–Trinajstić information content (AvgIpc) is 2.76. The molecule has 0 aliphatic carbocycles. The number of ether oxygens (including phenoxy) is 1. The van der Waals surface area contributed by atoms with Crippen molar-refractivity contribution in [1.29, 1.82) is 0 Å². The topological polar surface area (TPSA) is 30.3 Å². The first-order valence-electron chi connectivity index (χ1n) is 7.46. The lowest BCUT2D eigenvalue weighted by Crippen LogP contribution is -2.21. The van der Waals surface area contributed by atoms with Crippen LogP contribution in [-0.2, 0) is 11.3 Å². The highest BCUT2D eigenvalue weighted by Gasteiger charge is 2.14. The molecule has 0 aliphatic heterocycles. The first-order valence-corrected chi connectivity index (χ1v) is 8.34. The van der Waals surface area contributed by atoms with E-state index in [4.69, 9.17) is 9.72 Å². The summed E-state index contributed by atoms with van der Waals surface area (Å²) in [5.74, 6) is 0. The maximum atomic E-state index is 5.51. The highest BCUT2D eigenvalue weighted by Crippen LogP contribution is 2.27. The molecule has 116 valence electrons. The third-order valence-electron chi connectivity index (χ3n) is 3.21. The van der Waals surface area contributed by atoms with E-state index in [1.807, 2.05) is 24.8 Å². The molecule has 1 aromatic carbocycles. The molecule has 0 saturated carbocycles. The zero-order valence-electron chi connectivity index (χ0n) is 13.4. The molecule has 1 atom stereocenters. The number of para-hydroxylation sites is 2. The highest BCUT2D eigenvalue weighted by molar-refractivity contribution is 7.99. The van der Waals surface area contributed by atoms with Gasteiger partial charge in [0.25, 0.3) is 0 Å². The monoisotopic (exact) mass is 307 g/mol. The van der Waals surface area contributed by atoms with Gasteiger partial charge in [-0.2, -0.15) is 0 Å².